The van der Waals surface area contributed by atoms with E-state index in [4.69, 9.17) is 11.6 Å². The zero-order valence-corrected chi connectivity index (χ0v) is 11.2. The van der Waals surface area contributed by atoms with E-state index in [1.165, 1.54) is 20.8 Å². The molecule has 0 fully saturated rings. The molecule has 100 valence electrons. The Kier molecular flexibility index (Phi) is 8.97. The molecule has 0 aromatic heterocycles. The second kappa shape index (κ2) is 7.66. The number of aliphatic hydroxyl groups is 4. The molecule has 0 aromatic rings. The van der Waals surface area contributed by atoms with Crippen LogP contribution in [-0.4, -0.2) is 62.1 Å². The van der Waals surface area contributed by atoms with Crippen LogP contribution in [0.5, 0.6) is 0 Å². The summed E-state index contributed by atoms with van der Waals surface area (Å²) in [7, 11) is 0. The molecule has 16 heavy (non-hydrogen) atoms. The average molecular weight is 278 g/mol. The summed E-state index contributed by atoms with van der Waals surface area (Å²) in [6.07, 6.45) is -3.88. The topological polar surface area (TPSA) is 80.9 Å². The van der Waals surface area contributed by atoms with Crippen LogP contribution < -0.4 is 12.4 Å². The van der Waals surface area contributed by atoms with Crippen molar-refractivity contribution in [2.45, 2.75) is 45.6 Å². The summed E-state index contributed by atoms with van der Waals surface area (Å²) in [4.78, 5) is 0. The molecule has 5 nitrogen and oxygen atoms in total. The van der Waals surface area contributed by atoms with Crippen LogP contribution in [0.25, 0.3) is 0 Å². The molecule has 0 saturated heterocycles. The highest BCUT2D eigenvalue weighted by molar-refractivity contribution is 6.18. The van der Waals surface area contributed by atoms with Crippen LogP contribution in [0.15, 0.2) is 0 Å². The Balaban J connectivity index is 0. The molecule has 0 rings (SSSR count). The SMILES string of the molecule is CC(O)[N+](CC(O)CCl)(C(C)O)C(C)O.[Cl-]. The first-order valence-electron chi connectivity index (χ1n) is 4.94. The highest BCUT2D eigenvalue weighted by atomic mass is 35.5. The van der Waals surface area contributed by atoms with Gasteiger partial charge < -0.3 is 32.8 Å². The van der Waals surface area contributed by atoms with Crippen molar-refractivity contribution in [3.8, 4) is 0 Å². The van der Waals surface area contributed by atoms with Gasteiger partial charge in [-0.05, 0) is 0 Å². The molecule has 0 amide bonds. The van der Waals surface area contributed by atoms with E-state index in [1.54, 1.807) is 0 Å². The summed E-state index contributed by atoms with van der Waals surface area (Å²) in [5, 5.41) is 38.4. The first kappa shape index (κ1) is 18.7. The van der Waals surface area contributed by atoms with Gasteiger partial charge in [-0.3, -0.25) is 0 Å². The first-order chi connectivity index (χ1) is 6.78. The van der Waals surface area contributed by atoms with E-state index in [1.807, 2.05) is 0 Å². The Hall–Kier alpha value is 0.380. The molecule has 0 spiro atoms. The summed E-state index contributed by atoms with van der Waals surface area (Å²) in [5.41, 5.74) is 0. The summed E-state index contributed by atoms with van der Waals surface area (Å²) in [6, 6.07) is 0. The number of halogens is 2. The van der Waals surface area contributed by atoms with E-state index >= 15 is 0 Å². The lowest BCUT2D eigenvalue weighted by atomic mass is 10.2. The molecule has 7 heteroatoms. The highest BCUT2D eigenvalue weighted by Gasteiger charge is 2.43. The molecule has 0 radical (unpaired) electrons. The molecule has 0 heterocycles. The van der Waals surface area contributed by atoms with Crippen molar-refractivity contribution < 1.29 is 37.3 Å². The van der Waals surface area contributed by atoms with Crippen LogP contribution in [0.1, 0.15) is 20.8 Å². The van der Waals surface area contributed by atoms with Crippen molar-refractivity contribution in [1.82, 2.24) is 0 Å². The highest BCUT2D eigenvalue weighted by Crippen LogP contribution is 2.22. The van der Waals surface area contributed by atoms with Crippen LogP contribution in [0.4, 0.5) is 0 Å². The minimum Gasteiger partial charge on any atom is -1.00 e. The largest absolute Gasteiger partial charge is 1.00 e. The fourth-order valence-electron chi connectivity index (χ4n) is 1.81. The van der Waals surface area contributed by atoms with Gasteiger partial charge in [0, 0.05) is 20.8 Å². The minimum absolute atomic E-state index is 0. The summed E-state index contributed by atoms with van der Waals surface area (Å²) in [5.74, 6) is -0.00778. The second-order valence-electron chi connectivity index (χ2n) is 3.88. The van der Waals surface area contributed by atoms with E-state index in [-0.39, 0.29) is 24.8 Å². The van der Waals surface area contributed by atoms with Gasteiger partial charge in [0.15, 0.2) is 18.7 Å². The van der Waals surface area contributed by atoms with Crippen molar-refractivity contribution in [3.63, 3.8) is 0 Å². The van der Waals surface area contributed by atoms with Crippen LogP contribution >= 0.6 is 11.6 Å². The quantitative estimate of drug-likeness (QED) is 0.230. The Bertz CT molecular complexity index is 169. The molecule has 0 saturated carbocycles. The Morgan fingerprint density at radius 1 is 0.938 bits per heavy atom. The van der Waals surface area contributed by atoms with Crippen molar-refractivity contribution in [2.24, 2.45) is 0 Å². The number of quaternary nitrogens is 1. The summed E-state index contributed by atoms with van der Waals surface area (Å²) >= 11 is 5.47. The maximum absolute atomic E-state index is 9.65. The third kappa shape index (κ3) is 4.00. The Morgan fingerprint density at radius 2 is 1.25 bits per heavy atom. The van der Waals surface area contributed by atoms with E-state index in [0.717, 1.165) is 0 Å². The smallest absolute Gasteiger partial charge is 0.191 e. The van der Waals surface area contributed by atoms with Crippen molar-refractivity contribution in [1.29, 1.82) is 0 Å². The van der Waals surface area contributed by atoms with Crippen LogP contribution in [-0.2, 0) is 0 Å². The van der Waals surface area contributed by atoms with E-state index in [2.05, 4.69) is 0 Å². The fraction of sp³-hybridized carbons (Fsp3) is 1.00. The third-order valence-electron chi connectivity index (χ3n) is 2.79. The molecule has 4 atom stereocenters. The zero-order chi connectivity index (χ0) is 12.2. The van der Waals surface area contributed by atoms with Gasteiger partial charge in [0.25, 0.3) is 0 Å². The Labute approximate surface area is 107 Å². The molecule has 4 N–H and O–H groups in total. The second-order valence-corrected chi connectivity index (χ2v) is 4.19. The van der Waals surface area contributed by atoms with Gasteiger partial charge in [-0.1, -0.05) is 0 Å². The van der Waals surface area contributed by atoms with Gasteiger partial charge >= 0.3 is 0 Å². The predicted octanol–water partition coefficient (Wildman–Crippen LogP) is -3.58. The van der Waals surface area contributed by atoms with E-state index in [0.29, 0.717) is 0 Å². The van der Waals surface area contributed by atoms with Gasteiger partial charge in [0.2, 0.25) is 0 Å². The lowest BCUT2D eigenvalue weighted by Gasteiger charge is -2.46. The molecule has 4 unspecified atom stereocenters. The lowest BCUT2D eigenvalue weighted by molar-refractivity contribution is -1.04. The number of alkyl halides is 1. The van der Waals surface area contributed by atoms with E-state index in [9.17, 15) is 20.4 Å². The molecular formula is C9H21Cl2NO4. The first-order valence-corrected chi connectivity index (χ1v) is 5.47. The van der Waals surface area contributed by atoms with Crippen LogP contribution in [0.2, 0.25) is 0 Å². The van der Waals surface area contributed by atoms with Gasteiger partial charge in [0.1, 0.15) is 12.6 Å². The molecule has 0 aliphatic carbocycles. The van der Waals surface area contributed by atoms with Crippen LogP contribution in [0.3, 0.4) is 0 Å². The minimum atomic E-state index is -0.997. The normalized spacial score (nSPS) is 22.5. The maximum atomic E-state index is 9.65. The lowest BCUT2D eigenvalue weighted by Crippen LogP contribution is -3.00. The number of hydrogen-bond donors (Lipinski definition) is 4. The average Bonchev–Trinajstić information content (AvgIpc) is 2.11. The van der Waals surface area contributed by atoms with Gasteiger partial charge in [-0.2, -0.15) is 0 Å². The standard InChI is InChI=1S/C9H21ClNO4.ClH/c1-6(12)11(7(2)13,8(3)14)5-9(15)4-10;/h6-9,12-15H,4-5H2,1-3H3;1H/q+1;/p-1. The molecular weight excluding hydrogens is 257 g/mol. The predicted molar refractivity (Wildman–Crippen MR) is 56.9 cm³/mol. The summed E-state index contributed by atoms with van der Waals surface area (Å²) < 4.78 is -0.409. The molecule has 0 aliphatic rings. The molecule has 0 aromatic carbocycles. The van der Waals surface area contributed by atoms with Crippen molar-refractivity contribution >= 4 is 11.6 Å². The number of hydrogen-bond acceptors (Lipinski definition) is 4. The van der Waals surface area contributed by atoms with Gasteiger partial charge in [-0.25, -0.2) is 4.48 Å². The van der Waals surface area contributed by atoms with Crippen molar-refractivity contribution in [3.05, 3.63) is 0 Å². The van der Waals surface area contributed by atoms with Gasteiger partial charge in [-0.15, -0.1) is 11.6 Å². The summed E-state index contributed by atoms with van der Waals surface area (Å²) in [6.45, 7) is 4.37. The van der Waals surface area contributed by atoms with Crippen molar-refractivity contribution in [2.75, 3.05) is 12.4 Å². The van der Waals surface area contributed by atoms with Crippen LogP contribution in [0, 0.1) is 0 Å². The van der Waals surface area contributed by atoms with Gasteiger partial charge in [0.05, 0.1) is 5.88 Å². The zero-order valence-electron chi connectivity index (χ0n) is 9.72. The number of nitrogens with zero attached hydrogens (tertiary/aromatic N) is 1. The monoisotopic (exact) mass is 277 g/mol. The number of rotatable bonds is 6. The fourth-order valence-corrected chi connectivity index (χ4v) is 1.91. The third-order valence-corrected chi connectivity index (χ3v) is 3.15. The molecule has 0 aliphatic heterocycles. The Morgan fingerprint density at radius 3 is 1.44 bits per heavy atom. The molecule has 0 bridgehead atoms. The van der Waals surface area contributed by atoms with E-state index < -0.39 is 29.3 Å². The maximum Gasteiger partial charge on any atom is 0.191 e. The number of aliphatic hydroxyl groups excluding tert-OH is 4.